The van der Waals surface area contributed by atoms with E-state index in [0.29, 0.717) is 5.92 Å². The molecule has 0 aliphatic rings. The third-order valence-electron chi connectivity index (χ3n) is 3.48. The number of ether oxygens (including phenoxy) is 1. The molecule has 0 saturated carbocycles. The predicted octanol–water partition coefficient (Wildman–Crippen LogP) is 4.02. The second kappa shape index (κ2) is 7.66. The van der Waals surface area contributed by atoms with Gasteiger partial charge in [-0.2, -0.15) is 0 Å². The number of aryl methyl sites for hydroxylation is 2. The topological polar surface area (TPSA) is 21.3 Å². The van der Waals surface area contributed by atoms with Gasteiger partial charge >= 0.3 is 0 Å². The zero-order valence-corrected chi connectivity index (χ0v) is 13.3. The molecular weight excluding hydrogens is 234 g/mol. The Bertz CT molecular complexity index is 367. The zero-order valence-electron chi connectivity index (χ0n) is 13.3. The molecule has 2 nitrogen and oxygen atoms in total. The fourth-order valence-electron chi connectivity index (χ4n) is 2.71. The van der Waals surface area contributed by atoms with Gasteiger partial charge in [0.15, 0.2) is 0 Å². The van der Waals surface area contributed by atoms with Gasteiger partial charge in [-0.05, 0) is 38.3 Å². The fourth-order valence-corrected chi connectivity index (χ4v) is 2.71. The van der Waals surface area contributed by atoms with Gasteiger partial charge in [-0.15, -0.1) is 0 Å². The van der Waals surface area contributed by atoms with Crippen molar-refractivity contribution in [1.82, 2.24) is 5.32 Å². The van der Waals surface area contributed by atoms with Crippen LogP contribution in [0.3, 0.4) is 0 Å². The Morgan fingerprint density at radius 1 is 1.11 bits per heavy atom. The molecule has 1 rings (SSSR count). The molecule has 19 heavy (non-hydrogen) atoms. The van der Waals surface area contributed by atoms with Gasteiger partial charge in [0, 0.05) is 7.11 Å². The molecule has 2 unspecified atom stereocenters. The van der Waals surface area contributed by atoms with E-state index in [-0.39, 0.29) is 12.1 Å². The lowest BCUT2D eigenvalue weighted by Gasteiger charge is -2.31. The van der Waals surface area contributed by atoms with Crippen LogP contribution >= 0.6 is 0 Å². The smallest absolute Gasteiger partial charge is 0.0788 e. The van der Waals surface area contributed by atoms with Gasteiger partial charge < -0.3 is 10.1 Å². The molecule has 0 saturated heterocycles. The van der Waals surface area contributed by atoms with Crippen molar-refractivity contribution >= 4 is 0 Å². The maximum Gasteiger partial charge on any atom is 0.0788 e. The largest absolute Gasteiger partial charge is 0.379 e. The quantitative estimate of drug-likeness (QED) is 0.802. The van der Waals surface area contributed by atoms with E-state index in [4.69, 9.17) is 4.74 Å². The first-order chi connectivity index (χ1) is 8.99. The molecule has 1 aromatic carbocycles. The minimum absolute atomic E-state index is 0.202. The molecule has 0 fully saturated rings. The summed E-state index contributed by atoms with van der Waals surface area (Å²) in [5.74, 6) is 0.486. The number of benzene rings is 1. The van der Waals surface area contributed by atoms with Crippen LogP contribution in [-0.2, 0) is 4.74 Å². The van der Waals surface area contributed by atoms with Crippen LogP contribution in [0.5, 0.6) is 0 Å². The van der Waals surface area contributed by atoms with Gasteiger partial charge in [0.1, 0.15) is 0 Å². The van der Waals surface area contributed by atoms with Crippen LogP contribution < -0.4 is 5.32 Å². The molecule has 0 radical (unpaired) electrons. The molecule has 2 atom stereocenters. The molecule has 1 N–H and O–H groups in total. The number of hydrogen-bond donors (Lipinski definition) is 1. The molecule has 0 aliphatic carbocycles. The summed E-state index contributed by atoms with van der Waals surface area (Å²) in [6, 6.07) is 7.03. The highest BCUT2D eigenvalue weighted by atomic mass is 16.5. The summed E-state index contributed by atoms with van der Waals surface area (Å²) in [6.07, 6.45) is 1.34. The molecule has 1 aromatic rings. The van der Waals surface area contributed by atoms with E-state index < -0.39 is 0 Å². The van der Waals surface area contributed by atoms with Crippen LogP contribution in [-0.4, -0.2) is 19.8 Å². The molecule has 108 valence electrons. The van der Waals surface area contributed by atoms with Gasteiger partial charge in [-0.3, -0.25) is 0 Å². The molecular formula is C17H29NO. The van der Waals surface area contributed by atoms with E-state index in [1.54, 1.807) is 0 Å². The van der Waals surface area contributed by atoms with Gasteiger partial charge in [-0.1, -0.05) is 50.1 Å². The van der Waals surface area contributed by atoms with Crippen molar-refractivity contribution in [3.8, 4) is 0 Å². The lowest BCUT2D eigenvalue weighted by molar-refractivity contribution is 0.0326. The Morgan fingerprint density at radius 2 is 1.68 bits per heavy atom. The first kappa shape index (κ1) is 16.2. The first-order valence-electron chi connectivity index (χ1n) is 7.34. The predicted molar refractivity (Wildman–Crippen MR) is 82.6 cm³/mol. The maximum absolute atomic E-state index is 5.74. The molecule has 0 spiro atoms. The average Bonchev–Trinajstić information content (AvgIpc) is 2.32. The van der Waals surface area contributed by atoms with Gasteiger partial charge in [0.05, 0.1) is 12.1 Å². The van der Waals surface area contributed by atoms with E-state index in [0.717, 1.165) is 13.0 Å². The fraction of sp³-hybridized carbons (Fsp3) is 0.647. The molecule has 0 bridgehead atoms. The second-order valence-corrected chi connectivity index (χ2v) is 5.80. The minimum atomic E-state index is 0.202. The second-order valence-electron chi connectivity index (χ2n) is 5.80. The summed E-state index contributed by atoms with van der Waals surface area (Å²) in [5, 5.41) is 3.65. The number of hydrogen-bond acceptors (Lipinski definition) is 2. The van der Waals surface area contributed by atoms with Gasteiger partial charge in [-0.25, -0.2) is 0 Å². The standard InChI is InChI=1S/C17H29NO/c1-7-8-18-16(17(19-6)12(2)3)15-10-13(4)9-14(5)11-15/h9-12,16-18H,7-8H2,1-6H3. The van der Waals surface area contributed by atoms with Crippen molar-refractivity contribution < 1.29 is 4.74 Å². The highest BCUT2D eigenvalue weighted by Crippen LogP contribution is 2.26. The third kappa shape index (κ3) is 4.63. The average molecular weight is 263 g/mol. The van der Waals surface area contributed by atoms with E-state index in [1.807, 2.05) is 7.11 Å². The Labute approximate surface area is 118 Å². The van der Waals surface area contributed by atoms with Crippen LogP contribution in [0.1, 0.15) is 49.9 Å². The maximum atomic E-state index is 5.74. The summed E-state index contributed by atoms with van der Waals surface area (Å²) < 4.78 is 5.74. The molecule has 0 aliphatic heterocycles. The van der Waals surface area contributed by atoms with Crippen LogP contribution in [0.15, 0.2) is 18.2 Å². The summed E-state index contributed by atoms with van der Waals surface area (Å²) in [7, 11) is 1.81. The van der Waals surface area contributed by atoms with E-state index in [1.165, 1.54) is 16.7 Å². The Kier molecular flexibility index (Phi) is 6.53. The van der Waals surface area contributed by atoms with E-state index in [2.05, 4.69) is 58.1 Å². The lowest BCUT2D eigenvalue weighted by atomic mass is 9.91. The van der Waals surface area contributed by atoms with Crippen LogP contribution in [0.25, 0.3) is 0 Å². The van der Waals surface area contributed by atoms with Crippen molar-refractivity contribution in [3.05, 3.63) is 34.9 Å². The van der Waals surface area contributed by atoms with Gasteiger partial charge in [0.2, 0.25) is 0 Å². The monoisotopic (exact) mass is 263 g/mol. The highest BCUT2D eigenvalue weighted by Gasteiger charge is 2.25. The molecule has 0 heterocycles. The van der Waals surface area contributed by atoms with Crippen molar-refractivity contribution in [1.29, 1.82) is 0 Å². The van der Waals surface area contributed by atoms with Gasteiger partial charge in [0.25, 0.3) is 0 Å². The number of methoxy groups -OCH3 is 1. The molecule has 2 heteroatoms. The van der Waals surface area contributed by atoms with Crippen LogP contribution in [0, 0.1) is 19.8 Å². The van der Waals surface area contributed by atoms with E-state index >= 15 is 0 Å². The molecule has 0 amide bonds. The summed E-state index contributed by atoms with van der Waals surface area (Å²) >= 11 is 0. The minimum Gasteiger partial charge on any atom is -0.379 e. The van der Waals surface area contributed by atoms with Crippen LogP contribution in [0.2, 0.25) is 0 Å². The first-order valence-corrected chi connectivity index (χ1v) is 7.34. The van der Waals surface area contributed by atoms with Crippen LogP contribution in [0.4, 0.5) is 0 Å². The molecule has 0 aromatic heterocycles. The van der Waals surface area contributed by atoms with Crippen molar-refractivity contribution in [2.24, 2.45) is 5.92 Å². The van der Waals surface area contributed by atoms with E-state index in [9.17, 15) is 0 Å². The zero-order chi connectivity index (χ0) is 14.4. The Hall–Kier alpha value is -0.860. The highest BCUT2D eigenvalue weighted by molar-refractivity contribution is 5.31. The third-order valence-corrected chi connectivity index (χ3v) is 3.48. The Morgan fingerprint density at radius 3 is 2.11 bits per heavy atom. The normalized spacial score (nSPS) is 14.7. The summed E-state index contributed by atoms with van der Waals surface area (Å²) in [6.45, 7) is 12.0. The SMILES string of the molecule is CCCNC(c1cc(C)cc(C)c1)C(OC)C(C)C. The number of rotatable bonds is 7. The summed E-state index contributed by atoms with van der Waals surface area (Å²) in [5.41, 5.74) is 3.97. The Balaban J connectivity index is 3.06. The number of nitrogens with one attached hydrogen (secondary N) is 1. The van der Waals surface area contributed by atoms with Crippen molar-refractivity contribution in [3.63, 3.8) is 0 Å². The summed E-state index contributed by atoms with van der Waals surface area (Å²) in [4.78, 5) is 0. The van der Waals surface area contributed by atoms with Crippen molar-refractivity contribution in [2.45, 2.75) is 53.2 Å². The van der Waals surface area contributed by atoms with Crippen molar-refractivity contribution in [2.75, 3.05) is 13.7 Å². The lowest BCUT2D eigenvalue weighted by Crippen LogP contribution is -2.37.